The Morgan fingerprint density at radius 1 is 1.33 bits per heavy atom. The Morgan fingerprint density at radius 3 is 2.89 bits per heavy atom. The summed E-state index contributed by atoms with van der Waals surface area (Å²) in [5.41, 5.74) is 1.89. The number of amides is 1. The number of H-pyrrole nitrogens is 1. The quantitative estimate of drug-likeness (QED) is 0.707. The van der Waals surface area contributed by atoms with E-state index in [4.69, 9.17) is 0 Å². The van der Waals surface area contributed by atoms with E-state index in [-0.39, 0.29) is 29.7 Å². The molecule has 0 fully saturated rings. The zero-order valence-corrected chi connectivity index (χ0v) is 15.8. The first kappa shape index (κ1) is 17.9. The Bertz CT molecular complexity index is 1060. The van der Waals surface area contributed by atoms with Crippen LogP contribution < -0.4 is 10.9 Å². The Hall–Kier alpha value is -2.54. The van der Waals surface area contributed by atoms with Crippen LogP contribution in [-0.4, -0.2) is 15.9 Å². The number of thiophene rings is 1. The van der Waals surface area contributed by atoms with E-state index < -0.39 is 0 Å². The largest absolute Gasteiger partial charge is 0.350 e. The molecule has 5 nitrogen and oxygen atoms in total. The second kappa shape index (κ2) is 7.23. The van der Waals surface area contributed by atoms with Crippen LogP contribution in [-0.2, 0) is 24.1 Å². The van der Waals surface area contributed by atoms with E-state index in [1.807, 2.05) is 6.92 Å². The van der Waals surface area contributed by atoms with Crippen LogP contribution in [0.15, 0.2) is 29.1 Å². The number of carbonyl (C=O) groups excluding carboxylic acids is 1. The molecule has 7 heteroatoms. The number of nitrogens with one attached hydrogen (secondary N) is 2. The summed E-state index contributed by atoms with van der Waals surface area (Å²) in [6, 6.07) is 5.85. The zero-order chi connectivity index (χ0) is 19.0. The van der Waals surface area contributed by atoms with Gasteiger partial charge < -0.3 is 10.3 Å². The molecule has 1 atom stereocenters. The summed E-state index contributed by atoms with van der Waals surface area (Å²) < 4.78 is 13.0. The van der Waals surface area contributed by atoms with Crippen LogP contribution in [0, 0.1) is 5.82 Å². The number of aromatic amines is 1. The summed E-state index contributed by atoms with van der Waals surface area (Å²) in [7, 11) is 0. The fourth-order valence-electron chi connectivity index (χ4n) is 3.55. The van der Waals surface area contributed by atoms with E-state index in [0.29, 0.717) is 12.2 Å². The van der Waals surface area contributed by atoms with Gasteiger partial charge in [0.2, 0.25) is 5.91 Å². The number of benzene rings is 1. The van der Waals surface area contributed by atoms with Crippen LogP contribution in [0.25, 0.3) is 10.2 Å². The summed E-state index contributed by atoms with van der Waals surface area (Å²) in [5.74, 6) is 0.0995. The first-order valence-corrected chi connectivity index (χ1v) is 9.91. The lowest BCUT2D eigenvalue weighted by molar-refractivity contribution is -0.121. The molecule has 0 spiro atoms. The molecule has 1 amide bonds. The highest BCUT2D eigenvalue weighted by atomic mass is 32.1. The number of carbonyl (C=O) groups is 1. The van der Waals surface area contributed by atoms with E-state index in [9.17, 15) is 14.0 Å². The van der Waals surface area contributed by atoms with Gasteiger partial charge in [0, 0.05) is 17.7 Å². The van der Waals surface area contributed by atoms with E-state index in [0.717, 1.165) is 40.6 Å². The van der Waals surface area contributed by atoms with Gasteiger partial charge in [-0.3, -0.25) is 9.59 Å². The van der Waals surface area contributed by atoms with Gasteiger partial charge in [0.15, 0.2) is 0 Å². The fourth-order valence-corrected chi connectivity index (χ4v) is 4.83. The number of fused-ring (bicyclic) bond motifs is 3. The van der Waals surface area contributed by atoms with Gasteiger partial charge in [-0.2, -0.15) is 0 Å². The highest BCUT2D eigenvalue weighted by molar-refractivity contribution is 7.18. The number of rotatable bonds is 5. The van der Waals surface area contributed by atoms with E-state index >= 15 is 0 Å². The Balaban J connectivity index is 1.41. The molecular formula is C20H20FN3O2S. The van der Waals surface area contributed by atoms with Gasteiger partial charge >= 0.3 is 0 Å². The van der Waals surface area contributed by atoms with Crippen molar-refractivity contribution in [2.75, 3.05) is 0 Å². The van der Waals surface area contributed by atoms with Crippen molar-refractivity contribution < 1.29 is 9.18 Å². The molecule has 1 aliphatic carbocycles. The van der Waals surface area contributed by atoms with Crippen LogP contribution in [0.1, 0.15) is 47.6 Å². The number of aryl methyl sites for hydroxylation is 3. The third kappa shape index (κ3) is 3.64. The summed E-state index contributed by atoms with van der Waals surface area (Å²) >= 11 is 1.60. The third-order valence-corrected chi connectivity index (χ3v) is 6.15. The Morgan fingerprint density at radius 2 is 2.11 bits per heavy atom. The molecule has 0 aliphatic heterocycles. The van der Waals surface area contributed by atoms with Crippen molar-refractivity contribution >= 4 is 27.5 Å². The van der Waals surface area contributed by atoms with Crippen molar-refractivity contribution in [1.29, 1.82) is 0 Å². The molecule has 140 valence electrons. The van der Waals surface area contributed by atoms with Crippen LogP contribution >= 0.6 is 11.3 Å². The van der Waals surface area contributed by atoms with Gasteiger partial charge in [-0.05, 0) is 49.4 Å². The van der Waals surface area contributed by atoms with Crippen molar-refractivity contribution in [1.82, 2.24) is 15.3 Å². The van der Waals surface area contributed by atoms with Crippen LogP contribution in [0.2, 0.25) is 0 Å². The van der Waals surface area contributed by atoms with Gasteiger partial charge in [0.25, 0.3) is 5.56 Å². The molecule has 2 aromatic heterocycles. The topological polar surface area (TPSA) is 74.8 Å². The average molecular weight is 385 g/mol. The van der Waals surface area contributed by atoms with E-state index in [2.05, 4.69) is 15.3 Å². The number of hydrogen-bond donors (Lipinski definition) is 2. The monoisotopic (exact) mass is 385 g/mol. The maximum Gasteiger partial charge on any atom is 0.259 e. The van der Waals surface area contributed by atoms with Gasteiger partial charge in [0.1, 0.15) is 16.5 Å². The maximum atomic E-state index is 13.0. The number of nitrogens with zero attached hydrogens (tertiary/aromatic N) is 1. The molecule has 2 N–H and O–H groups in total. The summed E-state index contributed by atoms with van der Waals surface area (Å²) in [5, 5.41) is 3.62. The van der Waals surface area contributed by atoms with Gasteiger partial charge in [-0.25, -0.2) is 9.37 Å². The molecule has 0 saturated heterocycles. The summed E-state index contributed by atoms with van der Waals surface area (Å²) in [6.45, 7) is 1.85. The highest BCUT2D eigenvalue weighted by Crippen LogP contribution is 2.34. The standard InChI is InChI=1S/C20H20FN3O2S/c1-11(12-5-7-13(21)8-6-12)22-17(25)10-9-16-23-19(26)18-14-3-2-4-15(14)27-20(18)24-16/h5-8,11H,2-4,9-10H2,1H3,(H,22,25)(H,23,24,26)/t11-/m1/s1. The van der Waals surface area contributed by atoms with Crippen LogP contribution in [0.4, 0.5) is 4.39 Å². The predicted molar refractivity (Wildman–Crippen MR) is 104 cm³/mol. The van der Waals surface area contributed by atoms with Gasteiger partial charge in [-0.1, -0.05) is 12.1 Å². The smallest absolute Gasteiger partial charge is 0.259 e. The minimum atomic E-state index is -0.303. The number of hydrogen-bond acceptors (Lipinski definition) is 4. The lowest BCUT2D eigenvalue weighted by Gasteiger charge is -2.14. The SMILES string of the molecule is C[C@@H](NC(=O)CCc1nc2sc3c(c2c(=O)[nH]1)CCC3)c1ccc(F)cc1. The highest BCUT2D eigenvalue weighted by Gasteiger charge is 2.21. The molecule has 1 aromatic carbocycles. The summed E-state index contributed by atoms with van der Waals surface area (Å²) in [4.78, 5) is 34.1. The fraction of sp³-hybridized carbons (Fsp3) is 0.350. The predicted octanol–water partition coefficient (Wildman–Crippen LogP) is 3.42. The average Bonchev–Trinajstić information content (AvgIpc) is 3.21. The molecule has 1 aliphatic rings. The van der Waals surface area contributed by atoms with Crippen LogP contribution in [0.5, 0.6) is 0 Å². The molecule has 2 heterocycles. The van der Waals surface area contributed by atoms with Crippen molar-refractivity contribution in [2.45, 2.75) is 45.1 Å². The molecule has 0 radical (unpaired) electrons. The van der Waals surface area contributed by atoms with Crippen molar-refractivity contribution in [3.63, 3.8) is 0 Å². The van der Waals surface area contributed by atoms with Crippen molar-refractivity contribution in [2.24, 2.45) is 0 Å². The van der Waals surface area contributed by atoms with Crippen molar-refractivity contribution in [3.8, 4) is 0 Å². The normalized spacial score (nSPS) is 14.3. The molecule has 0 unspecified atom stereocenters. The molecule has 4 rings (SSSR count). The van der Waals surface area contributed by atoms with E-state index in [1.54, 1.807) is 23.5 Å². The second-order valence-electron chi connectivity index (χ2n) is 6.89. The number of halogens is 1. The van der Waals surface area contributed by atoms with Gasteiger partial charge in [0.05, 0.1) is 11.4 Å². The third-order valence-electron chi connectivity index (χ3n) is 4.96. The first-order chi connectivity index (χ1) is 13.0. The maximum absolute atomic E-state index is 13.0. The van der Waals surface area contributed by atoms with Gasteiger partial charge in [-0.15, -0.1) is 11.3 Å². The molecule has 3 aromatic rings. The van der Waals surface area contributed by atoms with Crippen LogP contribution in [0.3, 0.4) is 0 Å². The second-order valence-corrected chi connectivity index (χ2v) is 7.97. The number of aromatic nitrogens is 2. The van der Waals surface area contributed by atoms with E-state index in [1.165, 1.54) is 17.0 Å². The lowest BCUT2D eigenvalue weighted by atomic mass is 10.1. The Labute approximate surface area is 159 Å². The first-order valence-electron chi connectivity index (χ1n) is 9.09. The molecule has 0 saturated carbocycles. The minimum absolute atomic E-state index is 0.102. The molecule has 27 heavy (non-hydrogen) atoms. The Kier molecular flexibility index (Phi) is 4.78. The minimum Gasteiger partial charge on any atom is -0.350 e. The molecular weight excluding hydrogens is 365 g/mol. The lowest BCUT2D eigenvalue weighted by Crippen LogP contribution is -2.27. The van der Waals surface area contributed by atoms with Crippen molar-refractivity contribution in [3.05, 3.63) is 62.3 Å². The zero-order valence-electron chi connectivity index (χ0n) is 15.0. The molecule has 0 bridgehead atoms. The summed E-state index contributed by atoms with van der Waals surface area (Å²) in [6.07, 6.45) is 3.67.